The molecule has 0 spiro atoms. The van der Waals surface area contributed by atoms with E-state index >= 15 is 0 Å². The van der Waals surface area contributed by atoms with Gasteiger partial charge in [0.1, 0.15) is 11.5 Å². The lowest BCUT2D eigenvalue weighted by atomic mass is 10.0. The lowest BCUT2D eigenvalue weighted by Gasteiger charge is -2.26. The van der Waals surface area contributed by atoms with E-state index in [4.69, 9.17) is 4.74 Å². The molecule has 0 radical (unpaired) electrons. The second-order valence-corrected chi connectivity index (χ2v) is 6.96. The molecule has 0 fully saturated rings. The molecular weight excluding hydrogens is 339 g/mol. The molecule has 1 unspecified atom stereocenters. The van der Waals surface area contributed by atoms with Crippen LogP contribution in [0, 0.1) is 0 Å². The molecule has 3 nitrogen and oxygen atoms in total. The van der Waals surface area contributed by atoms with Crippen LogP contribution in [0.1, 0.15) is 16.7 Å². The predicted octanol–water partition coefficient (Wildman–Crippen LogP) is 4.15. The van der Waals surface area contributed by atoms with Gasteiger partial charge in [-0.1, -0.05) is 6.07 Å². The summed E-state index contributed by atoms with van der Waals surface area (Å²) < 4.78 is 56.8. The first-order valence-electron chi connectivity index (χ1n) is 7.38. The minimum Gasteiger partial charge on any atom is -0.457 e. The predicted molar refractivity (Wildman–Crippen MR) is 86.1 cm³/mol. The van der Waals surface area contributed by atoms with Crippen LogP contribution < -0.4 is 4.74 Å². The summed E-state index contributed by atoms with van der Waals surface area (Å²) in [6, 6.07) is 10.2. The summed E-state index contributed by atoms with van der Waals surface area (Å²) >= 11 is 0. The standard InChI is InChI=1S/C17H16F3NO2S/c1-24(22)21-9-8-12-2-5-16(10-13(12)11-21)23-15-6-3-14(4-7-15)17(18,19)20/h2-7,10H,8-9,11H2,1H3. The van der Waals surface area contributed by atoms with Gasteiger partial charge in [-0.15, -0.1) is 0 Å². The van der Waals surface area contributed by atoms with Crippen molar-refractivity contribution >= 4 is 11.0 Å². The Balaban J connectivity index is 1.77. The van der Waals surface area contributed by atoms with Crippen LogP contribution in [-0.2, 0) is 30.1 Å². The Hall–Kier alpha value is -1.86. The zero-order valence-corrected chi connectivity index (χ0v) is 13.8. The van der Waals surface area contributed by atoms with Crippen molar-refractivity contribution in [2.24, 2.45) is 0 Å². The largest absolute Gasteiger partial charge is 0.457 e. The van der Waals surface area contributed by atoms with Crippen molar-refractivity contribution in [3.63, 3.8) is 0 Å². The van der Waals surface area contributed by atoms with Crippen LogP contribution in [0.4, 0.5) is 13.2 Å². The monoisotopic (exact) mass is 355 g/mol. The maximum atomic E-state index is 12.6. The fraction of sp³-hybridized carbons (Fsp3) is 0.294. The van der Waals surface area contributed by atoms with Crippen molar-refractivity contribution in [1.29, 1.82) is 0 Å². The lowest BCUT2D eigenvalue weighted by molar-refractivity contribution is -0.137. The van der Waals surface area contributed by atoms with Crippen molar-refractivity contribution in [2.75, 3.05) is 12.8 Å². The van der Waals surface area contributed by atoms with Gasteiger partial charge in [0.05, 0.1) is 16.5 Å². The van der Waals surface area contributed by atoms with Crippen LogP contribution in [0.15, 0.2) is 42.5 Å². The molecule has 2 aromatic rings. The highest BCUT2D eigenvalue weighted by Crippen LogP contribution is 2.32. The number of benzene rings is 2. The molecule has 0 aliphatic carbocycles. The summed E-state index contributed by atoms with van der Waals surface area (Å²) in [6.07, 6.45) is -1.90. The third kappa shape index (κ3) is 3.79. The highest BCUT2D eigenvalue weighted by atomic mass is 32.2. The lowest BCUT2D eigenvalue weighted by Crippen LogP contribution is -2.31. The number of ether oxygens (including phenoxy) is 1. The number of rotatable bonds is 3. The van der Waals surface area contributed by atoms with E-state index in [1.165, 1.54) is 17.7 Å². The van der Waals surface area contributed by atoms with E-state index in [2.05, 4.69) is 0 Å². The number of halogens is 3. The number of fused-ring (bicyclic) bond motifs is 1. The van der Waals surface area contributed by atoms with Crippen LogP contribution in [0.25, 0.3) is 0 Å². The maximum absolute atomic E-state index is 12.6. The Morgan fingerprint density at radius 1 is 1.04 bits per heavy atom. The summed E-state index contributed by atoms with van der Waals surface area (Å²) in [5.41, 5.74) is 1.50. The number of hydrogen-bond donors (Lipinski definition) is 0. The van der Waals surface area contributed by atoms with Gasteiger partial charge < -0.3 is 4.74 Å². The summed E-state index contributed by atoms with van der Waals surface area (Å²) in [5.74, 6) is 0.895. The van der Waals surface area contributed by atoms with E-state index in [9.17, 15) is 17.4 Å². The van der Waals surface area contributed by atoms with Crippen LogP contribution in [0.5, 0.6) is 11.5 Å². The van der Waals surface area contributed by atoms with Gasteiger partial charge in [0.2, 0.25) is 0 Å². The first-order valence-corrected chi connectivity index (χ1v) is 8.90. The van der Waals surface area contributed by atoms with Gasteiger partial charge in [-0.2, -0.15) is 13.2 Å². The Kier molecular flexibility index (Phi) is 4.64. The average Bonchev–Trinajstić information content (AvgIpc) is 2.54. The topological polar surface area (TPSA) is 29.5 Å². The Labute approximate surface area is 140 Å². The molecule has 0 aromatic heterocycles. The second-order valence-electron chi connectivity index (χ2n) is 5.59. The van der Waals surface area contributed by atoms with Crippen molar-refractivity contribution in [2.45, 2.75) is 19.1 Å². The molecule has 2 aromatic carbocycles. The normalized spacial score (nSPS) is 16.5. The van der Waals surface area contributed by atoms with E-state index in [0.29, 0.717) is 18.0 Å². The second kappa shape index (κ2) is 6.57. The van der Waals surface area contributed by atoms with E-state index in [0.717, 1.165) is 30.7 Å². The maximum Gasteiger partial charge on any atom is 0.416 e. The van der Waals surface area contributed by atoms with E-state index in [1.54, 1.807) is 12.3 Å². The van der Waals surface area contributed by atoms with E-state index in [-0.39, 0.29) is 0 Å². The summed E-state index contributed by atoms with van der Waals surface area (Å²) in [4.78, 5) is 0. The quantitative estimate of drug-likeness (QED) is 0.828. The highest BCUT2D eigenvalue weighted by Gasteiger charge is 2.30. The molecule has 1 aliphatic rings. The molecule has 1 heterocycles. The number of hydrogen-bond acceptors (Lipinski definition) is 2. The van der Waals surface area contributed by atoms with Gasteiger partial charge >= 0.3 is 6.18 Å². The van der Waals surface area contributed by atoms with Gasteiger partial charge in [-0.3, -0.25) is 0 Å². The molecule has 0 bridgehead atoms. The molecule has 3 rings (SSSR count). The number of alkyl halides is 3. The molecule has 1 atom stereocenters. The van der Waals surface area contributed by atoms with Crippen LogP contribution in [0.3, 0.4) is 0 Å². The van der Waals surface area contributed by atoms with Crippen LogP contribution in [-0.4, -0.2) is 21.3 Å². The molecule has 0 amide bonds. The van der Waals surface area contributed by atoms with Gasteiger partial charge in [0.25, 0.3) is 0 Å². The molecular formula is C17H16F3NO2S. The fourth-order valence-corrected chi connectivity index (χ4v) is 3.31. The number of nitrogens with zero attached hydrogens (tertiary/aromatic N) is 1. The Morgan fingerprint density at radius 3 is 2.33 bits per heavy atom. The van der Waals surface area contributed by atoms with Crippen LogP contribution >= 0.6 is 0 Å². The molecule has 24 heavy (non-hydrogen) atoms. The van der Waals surface area contributed by atoms with E-state index < -0.39 is 22.7 Å². The molecule has 128 valence electrons. The van der Waals surface area contributed by atoms with Gasteiger partial charge in [-0.25, -0.2) is 8.51 Å². The van der Waals surface area contributed by atoms with Crippen molar-refractivity contribution in [1.82, 2.24) is 4.31 Å². The molecule has 0 saturated carbocycles. The first kappa shape index (κ1) is 17.0. The smallest absolute Gasteiger partial charge is 0.416 e. The molecule has 0 saturated heterocycles. The summed E-state index contributed by atoms with van der Waals surface area (Å²) in [6.45, 7) is 1.32. The third-order valence-corrected chi connectivity index (χ3v) is 4.97. The SMILES string of the molecule is CS(=O)N1CCc2ccc(Oc3ccc(C(F)(F)F)cc3)cc2C1. The van der Waals surface area contributed by atoms with E-state index in [1.807, 2.05) is 16.4 Å². The van der Waals surface area contributed by atoms with Crippen molar-refractivity contribution < 1.29 is 22.1 Å². The minimum atomic E-state index is -4.36. The first-order chi connectivity index (χ1) is 11.3. The zero-order valence-electron chi connectivity index (χ0n) is 13.0. The van der Waals surface area contributed by atoms with Gasteiger partial charge in [-0.05, 0) is 53.9 Å². The Bertz CT molecular complexity index is 759. The third-order valence-electron chi connectivity index (χ3n) is 3.94. The van der Waals surface area contributed by atoms with Gasteiger partial charge in [0, 0.05) is 19.3 Å². The van der Waals surface area contributed by atoms with Crippen LogP contribution in [0.2, 0.25) is 0 Å². The summed E-state index contributed by atoms with van der Waals surface area (Å²) in [7, 11) is -1.03. The minimum absolute atomic E-state index is 0.342. The van der Waals surface area contributed by atoms with Crippen molar-refractivity contribution in [3.05, 3.63) is 59.2 Å². The van der Waals surface area contributed by atoms with Crippen molar-refractivity contribution in [3.8, 4) is 11.5 Å². The molecule has 7 heteroatoms. The fourth-order valence-electron chi connectivity index (χ4n) is 2.64. The Morgan fingerprint density at radius 2 is 1.71 bits per heavy atom. The zero-order chi connectivity index (χ0) is 17.3. The summed E-state index contributed by atoms with van der Waals surface area (Å²) in [5, 5.41) is 0. The molecule has 0 N–H and O–H groups in total. The highest BCUT2D eigenvalue weighted by molar-refractivity contribution is 7.81. The van der Waals surface area contributed by atoms with Gasteiger partial charge in [0.15, 0.2) is 0 Å². The molecule has 1 aliphatic heterocycles. The average molecular weight is 355 g/mol.